The van der Waals surface area contributed by atoms with Crippen LogP contribution in [0.15, 0.2) is 10.9 Å². The number of carbonyl (C=O) groups is 1. The lowest BCUT2D eigenvalue weighted by Crippen LogP contribution is -2.44. The highest BCUT2D eigenvalue weighted by atomic mass is 16.2. The van der Waals surface area contributed by atoms with E-state index in [9.17, 15) is 9.59 Å². The molecule has 3 aliphatic rings. The summed E-state index contributed by atoms with van der Waals surface area (Å²) in [5.41, 5.74) is 1.04. The normalized spacial score (nSPS) is 26.6. The van der Waals surface area contributed by atoms with E-state index in [1.165, 1.54) is 12.8 Å². The van der Waals surface area contributed by atoms with Crippen LogP contribution in [0, 0.1) is 5.92 Å². The lowest BCUT2D eigenvalue weighted by atomic mass is 10.0. The van der Waals surface area contributed by atoms with E-state index in [4.69, 9.17) is 4.98 Å². The molecule has 0 bridgehead atoms. The summed E-state index contributed by atoms with van der Waals surface area (Å²) in [7, 11) is 0. The van der Waals surface area contributed by atoms with E-state index < -0.39 is 0 Å². The minimum atomic E-state index is 0.105. The molecule has 6 nitrogen and oxygen atoms in total. The average molecular weight is 373 g/mol. The third-order valence-corrected chi connectivity index (χ3v) is 6.45. The van der Waals surface area contributed by atoms with Gasteiger partial charge in [-0.05, 0) is 44.6 Å². The topological polar surface area (TPSA) is 58.4 Å². The van der Waals surface area contributed by atoms with Crippen LogP contribution in [0.2, 0.25) is 0 Å². The number of hydrogen-bond donors (Lipinski definition) is 0. The number of hydrogen-bond acceptors (Lipinski definition) is 4. The molecule has 0 aliphatic carbocycles. The van der Waals surface area contributed by atoms with Crippen molar-refractivity contribution >= 4 is 5.91 Å². The molecule has 148 valence electrons. The van der Waals surface area contributed by atoms with Crippen LogP contribution < -0.4 is 5.56 Å². The Morgan fingerprint density at radius 1 is 1.11 bits per heavy atom. The molecule has 1 aromatic heterocycles. The third-order valence-electron chi connectivity index (χ3n) is 6.45. The second-order valence-electron chi connectivity index (χ2n) is 8.71. The van der Waals surface area contributed by atoms with Gasteiger partial charge in [0.2, 0.25) is 5.91 Å². The molecule has 1 amide bonds. The molecular formula is C21H32N4O2. The number of carbonyl (C=O) groups excluding carboxylic acids is 1. The van der Waals surface area contributed by atoms with Crippen LogP contribution in [0.1, 0.15) is 62.9 Å². The Kier molecular flexibility index (Phi) is 5.62. The summed E-state index contributed by atoms with van der Waals surface area (Å²) in [4.78, 5) is 34.3. The Labute approximate surface area is 161 Å². The number of piperidine rings is 1. The second kappa shape index (κ2) is 8.13. The van der Waals surface area contributed by atoms with Gasteiger partial charge in [0.25, 0.3) is 5.56 Å². The van der Waals surface area contributed by atoms with Gasteiger partial charge in [-0.25, -0.2) is 4.98 Å². The van der Waals surface area contributed by atoms with Crippen molar-refractivity contribution in [2.24, 2.45) is 5.92 Å². The zero-order valence-corrected chi connectivity index (χ0v) is 16.5. The molecule has 3 aliphatic heterocycles. The first-order valence-corrected chi connectivity index (χ1v) is 10.7. The highest BCUT2D eigenvalue weighted by Gasteiger charge is 2.29. The predicted octanol–water partition coefficient (Wildman–Crippen LogP) is 2.02. The molecule has 0 aromatic carbocycles. The summed E-state index contributed by atoms with van der Waals surface area (Å²) in [5, 5.41) is 0. The number of aryl methyl sites for hydroxylation is 1. The van der Waals surface area contributed by atoms with E-state index in [2.05, 4.69) is 11.8 Å². The summed E-state index contributed by atoms with van der Waals surface area (Å²) in [5.74, 6) is 2.12. The van der Waals surface area contributed by atoms with Gasteiger partial charge in [-0.2, -0.15) is 0 Å². The zero-order chi connectivity index (χ0) is 18.8. The number of amides is 1. The summed E-state index contributed by atoms with van der Waals surface area (Å²) in [6, 6.07) is 1.75. The van der Waals surface area contributed by atoms with Crippen LogP contribution >= 0.6 is 0 Å². The van der Waals surface area contributed by atoms with Crippen LogP contribution in [0.5, 0.6) is 0 Å². The van der Waals surface area contributed by atoms with Gasteiger partial charge >= 0.3 is 0 Å². The van der Waals surface area contributed by atoms with Crippen molar-refractivity contribution in [2.75, 3.05) is 32.7 Å². The molecule has 27 heavy (non-hydrogen) atoms. The number of fused-ring (bicyclic) bond motifs is 1. The van der Waals surface area contributed by atoms with Gasteiger partial charge in [-0.1, -0.05) is 13.3 Å². The van der Waals surface area contributed by atoms with Crippen LogP contribution in [-0.2, 0) is 17.8 Å². The Hall–Kier alpha value is -1.69. The molecule has 0 saturated carbocycles. The standard InChI is InChI=1S/C21H32N4O2/c1-16-6-5-9-24(13-16)21(27)15-23-11-8-17(14-23)18-12-20(26)25-10-4-2-3-7-19(25)22-18/h12,16-17H,2-11,13-15H2,1H3. The first-order valence-electron chi connectivity index (χ1n) is 10.7. The molecule has 0 radical (unpaired) electrons. The Morgan fingerprint density at radius 3 is 2.85 bits per heavy atom. The molecule has 4 rings (SSSR count). The van der Waals surface area contributed by atoms with Crippen molar-refractivity contribution in [2.45, 2.75) is 64.3 Å². The van der Waals surface area contributed by atoms with Crippen molar-refractivity contribution in [1.29, 1.82) is 0 Å². The molecular weight excluding hydrogens is 340 g/mol. The van der Waals surface area contributed by atoms with Gasteiger partial charge in [-0.15, -0.1) is 0 Å². The zero-order valence-electron chi connectivity index (χ0n) is 16.5. The maximum absolute atomic E-state index is 12.6. The van der Waals surface area contributed by atoms with Gasteiger partial charge < -0.3 is 4.90 Å². The first kappa shape index (κ1) is 18.7. The molecule has 2 atom stereocenters. The maximum atomic E-state index is 12.6. The summed E-state index contributed by atoms with van der Waals surface area (Å²) >= 11 is 0. The highest BCUT2D eigenvalue weighted by Crippen LogP contribution is 2.26. The number of likely N-dealkylation sites (tertiary alicyclic amines) is 2. The minimum absolute atomic E-state index is 0.105. The summed E-state index contributed by atoms with van der Waals surface area (Å²) < 4.78 is 1.87. The molecule has 6 heteroatoms. The van der Waals surface area contributed by atoms with E-state index in [0.29, 0.717) is 12.5 Å². The lowest BCUT2D eigenvalue weighted by molar-refractivity contribution is -0.133. The minimum Gasteiger partial charge on any atom is -0.341 e. The molecule has 2 saturated heterocycles. The van der Waals surface area contributed by atoms with E-state index in [-0.39, 0.29) is 17.4 Å². The fraction of sp³-hybridized carbons (Fsp3) is 0.762. The van der Waals surface area contributed by atoms with Crippen LogP contribution in [0.4, 0.5) is 0 Å². The summed E-state index contributed by atoms with van der Waals surface area (Å²) in [6.45, 7) is 7.11. The fourth-order valence-electron chi connectivity index (χ4n) is 4.87. The Bertz CT molecular complexity index is 744. The van der Waals surface area contributed by atoms with E-state index in [1.807, 2.05) is 9.47 Å². The van der Waals surface area contributed by atoms with Gasteiger partial charge in [0.15, 0.2) is 0 Å². The predicted molar refractivity (Wildman–Crippen MR) is 105 cm³/mol. The SMILES string of the molecule is CC1CCCN(C(=O)CN2CCC(c3cc(=O)n4c(n3)CCCCC4)C2)C1. The Morgan fingerprint density at radius 2 is 2.00 bits per heavy atom. The average Bonchev–Trinajstić information content (AvgIpc) is 2.97. The second-order valence-corrected chi connectivity index (χ2v) is 8.71. The van der Waals surface area contributed by atoms with Crippen LogP contribution in [0.3, 0.4) is 0 Å². The van der Waals surface area contributed by atoms with Crippen molar-refractivity contribution < 1.29 is 4.79 Å². The van der Waals surface area contributed by atoms with Crippen LogP contribution in [0.25, 0.3) is 0 Å². The fourth-order valence-corrected chi connectivity index (χ4v) is 4.87. The molecule has 1 aromatic rings. The monoisotopic (exact) mass is 372 g/mol. The molecule has 2 unspecified atom stereocenters. The van der Waals surface area contributed by atoms with Gasteiger partial charge in [0, 0.05) is 44.6 Å². The largest absolute Gasteiger partial charge is 0.341 e. The van der Waals surface area contributed by atoms with Gasteiger partial charge in [0.1, 0.15) is 5.82 Å². The van der Waals surface area contributed by atoms with E-state index >= 15 is 0 Å². The molecule has 2 fully saturated rings. The molecule has 0 N–H and O–H groups in total. The Balaban J connectivity index is 1.39. The van der Waals surface area contributed by atoms with Crippen molar-refractivity contribution in [3.05, 3.63) is 27.9 Å². The molecule has 0 spiro atoms. The third kappa shape index (κ3) is 4.26. The smallest absolute Gasteiger partial charge is 0.253 e. The summed E-state index contributed by atoms with van der Waals surface area (Å²) in [6.07, 6.45) is 7.61. The van der Waals surface area contributed by atoms with Crippen LogP contribution in [-0.4, -0.2) is 58.0 Å². The number of aromatic nitrogens is 2. The number of rotatable bonds is 3. The van der Waals surface area contributed by atoms with E-state index in [0.717, 1.165) is 76.3 Å². The van der Waals surface area contributed by atoms with Crippen molar-refractivity contribution in [1.82, 2.24) is 19.4 Å². The molecule has 4 heterocycles. The maximum Gasteiger partial charge on any atom is 0.253 e. The van der Waals surface area contributed by atoms with Gasteiger partial charge in [-0.3, -0.25) is 19.1 Å². The number of nitrogens with zero attached hydrogens (tertiary/aromatic N) is 4. The quantitative estimate of drug-likeness (QED) is 0.814. The van der Waals surface area contributed by atoms with Crippen molar-refractivity contribution in [3.63, 3.8) is 0 Å². The lowest BCUT2D eigenvalue weighted by Gasteiger charge is -2.32. The highest BCUT2D eigenvalue weighted by molar-refractivity contribution is 5.78. The van der Waals surface area contributed by atoms with Crippen molar-refractivity contribution in [3.8, 4) is 0 Å². The first-order chi connectivity index (χ1) is 13.1. The van der Waals surface area contributed by atoms with E-state index in [1.54, 1.807) is 6.07 Å². The van der Waals surface area contributed by atoms with Gasteiger partial charge in [0.05, 0.1) is 12.2 Å².